The number of Topliss-reactive ketones (excluding diaryl/α,β-unsaturated/α-hetero) is 2. The Kier molecular flexibility index (Phi) is 4.37. The summed E-state index contributed by atoms with van der Waals surface area (Å²) in [6.45, 7) is 4.99. The van der Waals surface area contributed by atoms with Crippen LogP contribution in [0.2, 0.25) is 0 Å². The fraction of sp³-hybridized carbons (Fsp3) is 0.357. The summed E-state index contributed by atoms with van der Waals surface area (Å²) in [6.07, 6.45) is -0.459. The van der Waals surface area contributed by atoms with Crippen LogP contribution < -0.4 is 0 Å². The maximum absolute atomic E-state index is 11.7. The van der Waals surface area contributed by atoms with Gasteiger partial charge in [-0.15, -0.1) is 0 Å². The fourth-order valence-corrected chi connectivity index (χ4v) is 1.28. The Morgan fingerprint density at radius 1 is 1.06 bits per heavy atom. The zero-order chi connectivity index (χ0) is 13.8. The molecule has 96 valence electrons. The fourth-order valence-electron chi connectivity index (χ4n) is 1.28. The summed E-state index contributed by atoms with van der Waals surface area (Å²) in [5, 5.41) is 0. The van der Waals surface area contributed by atoms with Crippen LogP contribution in [0.3, 0.4) is 0 Å². The van der Waals surface area contributed by atoms with Gasteiger partial charge >= 0.3 is 5.97 Å². The molecule has 0 spiro atoms. The molecule has 0 amide bonds. The predicted octanol–water partition coefficient (Wildman–Crippen LogP) is 2.17. The van der Waals surface area contributed by atoms with E-state index >= 15 is 0 Å². The van der Waals surface area contributed by atoms with Crippen molar-refractivity contribution in [2.75, 3.05) is 0 Å². The molecule has 4 nitrogen and oxygen atoms in total. The van der Waals surface area contributed by atoms with Gasteiger partial charge in [-0.2, -0.15) is 0 Å². The third-order valence-corrected chi connectivity index (χ3v) is 2.04. The lowest BCUT2D eigenvalue weighted by Crippen LogP contribution is -2.30. The smallest absolute Gasteiger partial charge is 0.375 e. The summed E-state index contributed by atoms with van der Waals surface area (Å²) < 4.78 is 4.90. The number of benzene rings is 1. The van der Waals surface area contributed by atoms with E-state index in [1.807, 2.05) is 0 Å². The molecule has 0 aromatic heterocycles. The SMILES string of the molecule is CC(C)(C)OC(=O)C(=O)CC(=O)c1ccccc1. The molecule has 1 rings (SSSR count). The number of ether oxygens (including phenoxy) is 1. The number of hydrogen-bond donors (Lipinski definition) is 0. The standard InChI is InChI=1S/C14H16O4/c1-14(2,3)18-13(17)12(16)9-11(15)10-7-5-4-6-8-10/h4-8H,9H2,1-3H3. The van der Waals surface area contributed by atoms with Crippen molar-refractivity contribution in [2.24, 2.45) is 0 Å². The van der Waals surface area contributed by atoms with Crippen LogP contribution in [0.1, 0.15) is 37.6 Å². The van der Waals surface area contributed by atoms with Crippen LogP contribution in [0.4, 0.5) is 0 Å². The largest absolute Gasteiger partial charge is 0.454 e. The molecule has 0 fully saturated rings. The highest BCUT2D eigenvalue weighted by Gasteiger charge is 2.24. The third-order valence-electron chi connectivity index (χ3n) is 2.04. The van der Waals surface area contributed by atoms with Crippen LogP contribution in [0.5, 0.6) is 0 Å². The van der Waals surface area contributed by atoms with E-state index in [1.54, 1.807) is 51.1 Å². The molecular formula is C14H16O4. The summed E-state index contributed by atoms with van der Waals surface area (Å²) in [7, 11) is 0. The van der Waals surface area contributed by atoms with Gasteiger partial charge < -0.3 is 4.74 Å². The van der Waals surface area contributed by atoms with E-state index in [1.165, 1.54) is 0 Å². The van der Waals surface area contributed by atoms with Crippen LogP contribution in [0.25, 0.3) is 0 Å². The zero-order valence-electron chi connectivity index (χ0n) is 10.7. The lowest BCUT2D eigenvalue weighted by atomic mass is 10.1. The Bertz CT molecular complexity index is 454. The number of rotatable bonds is 4. The number of esters is 1. The van der Waals surface area contributed by atoms with Crippen LogP contribution in [-0.2, 0) is 14.3 Å². The normalized spacial score (nSPS) is 10.8. The summed E-state index contributed by atoms with van der Waals surface area (Å²) in [5.41, 5.74) is -0.322. The van der Waals surface area contributed by atoms with Crippen molar-refractivity contribution in [2.45, 2.75) is 32.8 Å². The molecule has 0 bridgehead atoms. The van der Waals surface area contributed by atoms with E-state index in [0.29, 0.717) is 5.56 Å². The van der Waals surface area contributed by atoms with Crippen LogP contribution in [-0.4, -0.2) is 23.1 Å². The monoisotopic (exact) mass is 248 g/mol. The first-order valence-electron chi connectivity index (χ1n) is 5.64. The molecule has 1 aromatic rings. The molecule has 0 heterocycles. The predicted molar refractivity (Wildman–Crippen MR) is 66.2 cm³/mol. The Morgan fingerprint density at radius 2 is 1.61 bits per heavy atom. The van der Waals surface area contributed by atoms with Gasteiger partial charge in [0.2, 0.25) is 5.78 Å². The van der Waals surface area contributed by atoms with Gasteiger partial charge in [0, 0.05) is 5.56 Å². The van der Waals surface area contributed by atoms with Crippen molar-refractivity contribution in [1.82, 2.24) is 0 Å². The maximum Gasteiger partial charge on any atom is 0.375 e. The quantitative estimate of drug-likeness (QED) is 0.354. The van der Waals surface area contributed by atoms with Crippen molar-refractivity contribution >= 4 is 17.5 Å². The maximum atomic E-state index is 11.7. The topological polar surface area (TPSA) is 60.4 Å². The summed E-state index contributed by atoms with van der Waals surface area (Å²) in [4.78, 5) is 34.6. The molecule has 1 aromatic carbocycles. The number of hydrogen-bond acceptors (Lipinski definition) is 4. The molecule has 0 aliphatic heterocycles. The molecule has 0 aliphatic rings. The average molecular weight is 248 g/mol. The molecule has 0 saturated heterocycles. The first-order valence-corrected chi connectivity index (χ1v) is 5.64. The van der Waals surface area contributed by atoms with E-state index in [0.717, 1.165) is 0 Å². The Hall–Kier alpha value is -1.97. The number of carbonyl (C=O) groups is 3. The molecule has 0 N–H and O–H groups in total. The van der Waals surface area contributed by atoms with E-state index in [9.17, 15) is 14.4 Å². The van der Waals surface area contributed by atoms with Crippen LogP contribution in [0.15, 0.2) is 30.3 Å². The van der Waals surface area contributed by atoms with E-state index in [-0.39, 0.29) is 5.78 Å². The van der Waals surface area contributed by atoms with Crippen LogP contribution in [0, 0.1) is 0 Å². The van der Waals surface area contributed by atoms with Crippen molar-refractivity contribution < 1.29 is 19.1 Å². The molecule has 0 radical (unpaired) electrons. The summed E-state index contributed by atoms with van der Waals surface area (Å²) >= 11 is 0. The van der Waals surface area contributed by atoms with E-state index in [2.05, 4.69) is 0 Å². The number of ketones is 2. The molecule has 0 unspecified atom stereocenters. The van der Waals surface area contributed by atoms with Crippen molar-refractivity contribution in [3.8, 4) is 0 Å². The van der Waals surface area contributed by atoms with Gasteiger partial charge in [0.05, 0.1) is 6.42 Å². The Balaban J connectivity index is 2.61. The van der Waals surface area contributed by atoms with Gasteiger partial charge in [0.15, 0.2) is 5.78 Å². The average Bonchev–Trinajstić information content (AvgIpc) is 2.27. The highest BCUT2D eigenvalue weighted by molar-refractivity contribution is 6.38. The van der Waals surface area contributed by atoms with Crippen molar-refractivity contribution in [3.05, 3.63) is 35.9 Å². The highest BCUT2D eigenvalue weighted by atomic mass is 16.6. The summed E-state index contributed by atoms with van der Waals surface area (Å²) in [6, 6.07) is 8.37. The molecule has 0 aliphatic carbocycles. The molecular weight excluding hydrogens is 232 g/mol. The van der Waals surface area contributed by atoms with Gasteiger partial charge in [-0.3, -0.25) is 9.59 Å². The van der Waals surface area contributed by atoms with E-state index in [4.69, 9.17) is 4.74 Å². The third kappa shape index (κ3) is 4.49. The molecule has 18 heavy (non-hydrogen) atoms. The van der Waals surface area contributed by atoms with Gasteiger partial charge in [0.25, 0.3) is 0 Å². The molecule has 0 atom stereocenters. The lowest BCUT2D eigenvalue weighted by molar-refractivity contribution is -0.162. The van der Waals surface area contributed by atoms with Crippen LogP contribution >= 0.6 is 0 Å². The first-order chi connectivity index (χ1) is 8.29. The highest BCUT2D eigenvalue weighted by Crippen LogP contribution is 2.09. The summed E-state index contributed by atoms with van der Waals surface area (Å²) in [5.74, 6) is -2.17. The minimum Gasteiger partial charge on any atom is -0.454 e. The second-order valence-electron chi connectivity index (χ2n) is 4.89. The van der Waals surface area contributed by atoms with Crippen molar-refractivity contribution in [1.29, 1.82) is 0 Å². The van der Waals surface area contributed by atoms with Crippen molar-refractivity contribution in [3.63, 3.8) is 0 Å². The number of carbonyl (C=O) groups excluding carboxylic acids is 3. The minimum atomic E-state index is -0.966. The van der Waals surface area contributed by atoms with Gasteiger partial charge in [-0.1, -0.05) is 30.3 Å². The van der Waals surface area contributed by atoms with Gasteiger partial charge in [-0.05, 0) is 20.8 Å². The lowest BCUT2D eigenvalue weighted by Gasteiger charge is -2.18. The molecule has 0 saturated carbocycles. The van der Waals surface area contributed by atoms with Gasteiger partial charge in [-0.25, -0.2) is 4.79 Å². The first kappa shape index (κ1) is 14.1. The molecule has 4 heteroatoms. The minimum absolute atomic E-state index is 0.383. The zero-order valence-corrected chi connectivity index (χ0v) is 10.7. The second kappa shape index (κ2) is 5.58. The van der Waals surface area contributed by atoms with E-state index < -0.39 is 23.8 Å². The Labute approximate surface area is 106 Å². The Morgan fingerprint density at radius 3 is 2.11 bits per heavy atom. The van der Waals surface area contributed by atoms with Gasteiger partial charge in [0.1, 0.15) is 5.60 Å². The second-order valence-corrected chi connectivity index (χ2v) is 4.89.